The van der Waals surface area contributed by atoms with Gasteiger partial charge in [0.05, 0.1) is 5.75 Å². The number of thioether (sulfide) groups is 1. The van der Waals surface area contributed by atoms with Crippen molar-refractivity contribution in [3.63, 3.8) is 0 Å². The largest absolute Gasteiger partial charge is 0.339 e. The van der Waals surface area contributed by atoms with Gasteiger partial charge in [-0.2, -0.15) is 16.7 Å². The van der Waals surface area contributed by atoms with E-state index >= 15 is 0 Å². The highest BCUT2D eigenvalue weighted by Gasteiger charge is 2.15. The summed E-state index contributed by atoms with van der Waals surface area (Å²) >= 11 is 1.87. The smallest absolute Gasteiger partial charge is 0.228 e. The fraction of sp³-hybridized carbons (Fsp3) is 0.875. The van der Waals surface area contributed by atoms with Crippen molar-refractivity contribution in [3.8, 4) is 0 Å². The summed E-state index contributed by atoms with van der Waals surface area (Å²) in [4.78, 5) is 4.52. The molecule has 1 N–H and O–H groups in total. The van der Waals surface area contributed by atoms with Crippen LogP contribution in [0.25, 0.3) is 0 Å². The zero-order valence-electron chi connectivity index (χ0n) is 14.2. The van der Waals surface area contributed by atoms with Crippen LogP contribution in [-0.2, 0) is 12.2 Å². The summed E-state index contributed by atoms with van der Waals surface area (Å²) in [7, 11) is 0. The molecule has 1 aromatic heterocycles. The molecular formula is C16H31N3OS. The fourth-order valence-corrected chi connectivity index (χ4v) is 3.07. The molecule has 0 saturated heterocycles. The number of aromatic nitrogens is 2. The van der Waals surface area contributed by atoms with Crippen molar-refractivity contribution in [1.82, 2.24) is 15.5 Å². The lowest BCUT2D eigenvalue weighted by Gasteiger charge is -2.18. The van der Waals surface area contributed by atoms with Crippen molar-refractivity contribution in [1.29, 1.82) is 0 Å². The molecule has 1 rings (SSSR count). The molecule has 0 saturated carbocycles. The van der Waals surface area contributed by atoms with Gasteiger partial charge in [0.2, 0.25) is 5.89 Å². The molecule has 4 nitrogen and oxygen atoms in total. The van der Waals surface area contributed by atoms with Crippen molar-refractivity contribution >= 4 is 11.8 Å². The Bertz CT molecular complexity index is 379. The third-order valence-corrected chi connectivity index (χ3v) is 4.42. The number of nitrogens with zero attached hydrogens (tertiary/aromatic N) is 2. The first-order valence-corrected chi connectivity index (χ1v) is 9.29. The third-order valence-electron chi connectivity index (χ3n) is 3.05. The maximum Gasteiger partial charge on any atom is 0.228 e. The van der Waals surface area contributed by atoms with Crippen LogP contribution in [0.5, 0.6) is 0 Å². The summed E-state index contributed by atoms with van der Waals surface area (Å²) in [5.74, 6) is 4.95. The highest BCUT2D eigenvalue weighted by Crippen LogP contribution is 2.15. The first-order chi connectivity index (χ1) is 10.0. The minimum Gasteiger partial charge on any atom is -0.339 e. The van der Waals surface area contributed by atoms with Crippen LogP contribution in [0.3, 0.4) is 0 Å². The second-order valence-corrected chi connectivity index (χ2v) is 7.53. The van der Waals surface area contributed by atoms with Crippen molar-refractivity contribution < 1.29 is 4.52 Å². The lowest BCUT2D eigenvalue weighted by atomic mass is 10.0. The van der Waals surface area contributed by atoms with Gasteiger partial charge in [0, 0.05) is 12.5 Å². The maximum atomic E-state index is 5.40. The van der Waals surface area contributed by atoms with E-state index in [1.807, 2.05) is 11.8 Å². The van der Waals surface area contributed by atoms with Gasteiger partial charge in [-0.05, 0) is 37.0 Å². The molecule has 1 heterocycles. The van der Waals surface area contributed by atoms with Crippen molar-refractivity contribution in [3.05, 3.63) is 11.7 Å². The Morgan fingerprint density at radius 2 is 1.95 bits per heavy atom. The van der Waals surface area contributed by atoms with E-state index in [1.54, 1.807) is 0 Å². The maximum absolute atomic E-state index is 5.40. The molecule has 1 atom stereocenters. The highest BCUT2D eigenvalue weighted by atomic mass is 32.2. The number of hydrogen-bond acceptors (Lipinski definition) is 5. The summed E-state index contributed by atoms with van der Waals surface area (Å²) in [6.07, 6.45) is 3.12. The Morgan fingerprint density at radius 3 is 2.57 bits per heavy atom. The van der Waals surface area contributed by atoms with E-state index in [-0.39, 0.29) is 0 Å². The molecule has 0 aliphatic rings. The van der Waals surface area contributed by atoms with E-state index in [4.69, 9.17) is 4.52 Å². The van der Waals surface area contributed by atoms with Crippen molar-refractivity contribution in [2.75, 3.05) is 12.3 Å². The van der Waals surface area contributed by atoms with Gasteiger partial charge in [-0.15, -0.1) is 0 Å². The average molecular weight is 314 g/mol. The molecule has 1 aromatic rings. The van der Waals surface area contributed by atoms with Gasteiger partial charge in [0.1, 0.15) is 0 Å². The minimum absolute atomic E-state index is 0.432. The molecule has 0 aliphatic heterocycles. The Kier molecular flexibility index (Phi) is 9.00. The van der Waals surface area contributed by atoms with E-state index in [2.05, 4.69) is 50.1 Å². The predicted molar refractivity (Wildman–Crippen MR) is 90.5 cm³/mol. The minimum atomic E-state index is 0.432. The topological polar surface area (TPSA) is 51.0 Å². The normalized spacial score (nSPS) is 13.3. The second-order valence-electron chi connectivity index (χ2n) is 6.50. The summed E-state index contributed by atoms with van der Waals surface area (Å²) in [6, 6.07) is 0.432. The van der Waals surface area contributed by atoms with Gasteiger partial charge in [-0.1, -0.05) is 39.8 Å². The van der Waals surface area contributed by atoms with E-state index < -0.39 is 0 Å². The molecule has 0 bridgehead atoms. The van der Waals surface area contributed by atoms with Crippen LogP contribution in [-0.4, -0.2) is 28.5 Å². The van der Waals surface area contributed by atoms with Crippen LogP contribution >= 0.6 is 11.8 Å². The predicted octanol–water partition coefficient (Wildman–Crippen LogP) is 3.92. The molecule has 0 aromatic carbocycles. The van der Waals surface area contributed by atoms with Crippen LogP contribution in [0, 0.1) is 11.8 Å². The van der Waals surface area contributed by atoms with E-state index in [0.29, 0.717) is 17.9 Å². The Balaban J connectivity index is 2.45. The molecule has 1 unspecified atom stereocenters. The van der Waals surface area contributed by atoms with Crippen molar-refractivity contribution in [2.45, 2.75) is 65.7 Å². The second kappa shape index (κ2) is 10.2. The lowest BCUT2D eigenvalue weighted by molar-refractivity contribution is 0.336. The quantitative estimate of drug-likeness (QED) is 0.671. The standard InChI is InChI=1S/C16H31N3OS/c1-6-7-17-14(8-12(2)3)9-16-18-15(19-20-16)11-21-10-13(4)5/h12-14,17H,6-11H2,1-5H3. The van der Waals surface area contributed by atoms with Crippen LogP contribution < -0.4 is 5.32 Å². The summed E-state index contributed by atoms with van der Waals surface area (Å²) in [5, 5.41) is 7.67. The molecule has 0 aliphatic carbocycles. The third kappa shape index (κ3) is 8.47. The number of rotatable bonds is 11. The van der Waals surface area contributed by atoms with Gasteiger partial charge in [-0.25, -0.2) is 0 Å². The molecule has 0 amide bonds. The molecular weight excluding hydrogens is 282 g/mol. The van der Waals surface area contributed by atoms with Gasteiger partial charge >= 0.3 is 0 Å². The van der Waals surface area contributed by atoms with Gasteiger partial charge < -0.3 is 9.84 Å². The lowest BCUT2D eigenvalue weighted by Crippen LogP contribution is -2.33. The Hall–Kier alpha value is -0.550. The first-order valence-electron chi connectivity index (χ1n) is 8.13. The molecule has 5 heteroatoms. The van der Waals surface area contributed by atoms with Crippen LogP contribution in [0.4, 0.5) is 0 Å². The van der Waals surface area contributed by atoms with Gasteiger partial charge in [-0.3, -0.25) is 0 Å². The van der Waals surface area contributed by atoms with Crippen LogP contribution in [0.15, 0.2) is 4.52 Å². The average Bonchev–Trinajstić information content (AvgIpc) is 2.82. The van der Waals surface area contributed by atoms with Crippen LogP contribution in [0.2, 0.25) is 0 Å². The molecule has 21 heavy (non-hydrogen) atoms. The highest BCUT2D eigenvalue weighted by molar-refractivity contribution is 7.98. The molecule has 0 radical (unpaired) electrons. The molecule has 0 fully saturated rings. The first kappa shape index (κ1) is 18.5. The Morgan fingerprint density at radius 1 is 1.19 bits per heavy atom. The summed E-state index contributed by atoms with van der Waals surface area (Å²) in [6.45, 7) is 12.2. The van der Waals surface area contributed by atoms with E-state index in [0.717, 1.165) is 49.0 Å². The van der Waals surface area contributed by atoms with Crippen molar-refractivity contribution in [2.24, 2.45) is 11.8 Å². The SMILES string of the molecule is CCCNC(Cc1nc(CSCC(C)C)no1)CC(C)C. The van der Waals surface area contributed by atoms with E-state index in [9.17, 15) is 0 Å². The molecule has 122 valence electrons. The van der Waals surface area contributed by atoms with Gasteiger partial charge in [0.25, 0.3) is 0 Å². The molecule has 0 spiro atoms. The zero-order valence-corrected chi connectivity index (χ0v) is 15.0. The summed E-state index contributed by atoms with van der Waals surface area (Å²) in [5.41, 5.74) is 0. The van der Waals surface area contributed by atoms with Crippen LogP contribution in [0.1, 0.15) is 59.2 Å². The fourth-order valence-electron chi connectivity index (χ4n) is 2.18. The number of nitrogens with one attached hydrogen (secondary N) is 1. The number of hydrogen-bond donors (Lipinski definition) is 1. The summed E-state index contributed by atoms with van der Waals surface area (Å²) < 4.78 is 5.40. The zero-order chi connectivity index (χ0) is 15.7. The van der Waals surface area contributed by atoms with E-state index in [1.165, 1.54) is 0 Å². The Labute approximate surface area is 133 Å². The van der Waals surface area contributed by atoms with Gasteiger partial charge in [0.15, 0.2) is 5.82 Å². The monoisotopic (exact) mass is 313 g/mol.